The van der Waals surface area contributed by atoms with Crippen LogP contribution < -0.4 is 5.32 Å². The lowest BCUT2D eigenvalue weighted by atomic mass is 9.85. The normalized spacial score (nSPS) is 27.1. The maximum atomic E-state index is 13.1. The number of esters is 1. The van der Waals surface area contributed by atoms with E-state index in [9.17, 15) is 19.2 Å². The van der Waals surface area contributed by atoms with Crippen molar-refractivity contribution in [3.8, 4) is 0 Å². The van der Waals surface area contributed by atoms with Gasteiger partial charge in [-0.2, -0.15) is 0 Å². The van der Waals surface area contributed by atoms with Crippen LogP contribution in [-0.4, -0.2) is 41.2 Å². The van der Waals surface area contributed by atoms with Gasteiger partial charge in [0.05, 0.1) is 11.8 Å². The van der Waals surface area contributed by atoms with Crippen LogP contribution in [0.3, 0.4) is 0 Å². The summed E-state index contributed by atoms with van der Waals surface area (Å²) in [7, 11) is 0. The van der Waals surface area contributed by atoms with Gasteiger partial charge < -0.3 is 10.1 Å². The summed E-state index contributed by atoms with van der Waals surface area (Å²) in [6.07, 6.45) is 4.86. The molecule has 2 bridgehead atoms. The van der Waals surface area contributed by atoms with E-state index in [1.54, 1.807) is 13.8 Å². The first kappa shape index (κ1) is 21.3. The third-order valence-electron chi connectivity index (χ3n) is 6.67. The summed E-state index contributed by atoms with van der Waals surface area (Å²) in [5, 5.41) is 2.74. The van der Waals surface area contributed by atoms with Crippen LogP contribution in [-0.2, 0) is 23.9 Å². The number of hydrogen-bond donors (Lipinski definition) is 1. The van der Waals surface area contributed by atoms with Gasteiger partial charge in [0.25, 0.3) is 5.91 Å². The van der Waals surface area contributed by atoms with Crippen molar-refractivity contribution in [2.75, 3.05) is 11.9 Å². The van der Waals surface area contributed by atoms with Gasteiger partial charge in [-0.3, -0.25) is 19.3 Å². The third kappa shape index (κ3) is 3.66. The van der Waals surface area contributed by atoms with Crippen LogP contribution in [0.2, 0.25) is 0 Å². The molecular weight excluding hydrogens is 396 g/mol. The van der Waals surface area contributed by atoms with E-state index >= 15 is 0 Å². The highest BCUT2D eigenvalue weighted by Gasteiger charge is 2.61. The fourth-order valence-corrected chi connectivity index (χ4v) is 5.15. The fraction of sp³-hybridized carbons (Fsp3) is 0.500. The van der Waals surface area contributed by atoms with Crippen molar-refractivity contribution in [2.45, 2.75) is 40.2 Å². The molecule has 0 unspecified atom stereocenters. The topological polar surface area (TPSA) is 92.8 Å². The minimum Gasteiger partial charge on any atom is -0.454 e. The Hall–Kier alpha value is -2.96. The number of allylic oxidation sites excluding steroid dienone is 2. The Balaban J connectivity index is 1.43. The van der Waals surface area contributed by atoms with Gasteiger partial charge in [0.2, 0.25) is 11.8 Å². The molecule has 3 amide bonds. The van der Waals surface area contributed by atoms with Gasteiger partial charge in [-0.05, 0) is 55.2 Å². The molecule has 31 heavy (non-hydrogen) atoms. The van der Waals surface area contributed by atoms with E-state index in [-0.39, 0.29) is 41.4 Å². The first-order chi connectivity index (χ1) is 14.7. The summed E-state index contributed by atoms with van der Waals surface area (Å²) >= 11 is 0. The van der Waals surface area contributed by atoms with Gasteiger partial charge in [-0.15, -0.1) is 0 Å². The average molecular weight is 424 g/mol. The molecule has 0 aromatic heterocycles. The van der Waals surface area contributed by atoms with E-state index in [1.807, 2.05) is 44.2 Å². The quantitative estimate of drug-likeness (QED) is 0.431. The molecule has 4 rings (SSSR count). The Bertz CT molecular complexity index is 952. The summed E-state index contributed by atoms with van der Waals surface area (Å²) < 4.78 is 5.26. The second-order valence-corrected chi connectivity index (χ2v) is 9.21. The lowest BCUT2D eigenvalue weighted by Crippen LogP contribution is -2.50. The Kier molecular flexibility index (Phi) is 5.45. The summed E-state index contributed by atoms with van der Waals surface area (Å²) in [5.41, 5.74) is 2.55. The maximum Gasteiger partial charge on any atom is 0.330 e. The highest BCUT2D eigenvalue weighted by molar-refractivity contribution is 6.09. The number of hydrogen-bond acceptors (Lipinski definition) is 5. The molecule has 1 heterocycles. The molecule has 7 heteroatoms. The van der Waals surface area contributed by atoms with Crippen molar-refractivity contribution in [3.05, 3.63) is 41.5 Å². The first-order valence-corrected chi connectivity index (χ1v) is 10.8. The zero-order valence-corrected chi connectivity index (χ0v) is 18.3. The zero-order valence-electron chi connectivity index (χ0n) is 18.3. The number of likely N-dealkylation sites (tertiary alicyclic amines) is 1. The molecule has 0 radical (unpaired) electrons. The molecule has 1 N–H and O–H groups in total. The second-order valence-electron chi connectivity index (χ2n) is 9.21. The molecule has 3 aliphatic rings. The Labute approximate surface area is 181 Å². The predicted molar refractivity (Wildman–Crippen MR) is 114 cm³/mol. The number of rotatable bonds is 6. The monoisotopic (exact) mass is 424 g/mol. The van der Waals surface area contributed by atoms with Gasteiger partial charge in [-0.1, -0.05) is 38.1 Å². The SMILES string of the molecule is Cc1ccc(C)c(NC(=O)COC(=O)[C@@H](C(C)C)N2C(=O)[C@@H]3[C@H](C2=O)[C@H]2C=C[C@H]3C2)c1. The fourth-order valence-electron chi connectivity index (χ4n) is 5.15. The number of fused-ring (bicyclic) bond motifs is 5. The molecule has 1 aromatic rings. The molecule has 5 atom stereocenters. The van der Waals surface area contributed by atoms with E-state index < -0.39 is 24.5 Å². The van der Waals surface area contributed by atoms with Crippen LogP contribution in [0, 0.1) is 43.4 Å². The van der Waals surface area contributed by atoms with Crippen molar-refractivity contribution in [2.24, 2.45) is 29.6 Å². The Morgan fingerprint density at radius 2 is 1.71 bits per heavy atom. The number of aryl methyl sites for hydroxylation is 2. The summed E-state index contributed by atoms with van der Waals surface area (Å²) in [5.74, 6) is -2.70. The zero-order chi connectivity index (χ0) is 22.4. The standard InChI is InChI=1S/C24H28N2O5/c1-12(2)21(26-22(28)19-15-7-8-16(10-15)20(19)23(26)29)24(30)31-11-18(27)25-17-9-13(3)5-6-14(17)4/h5-9,12,15-16,19-21H,10-11H2,1-4H3,(H,25,27)/t15-,16-,19-,20+,21+/m0/s1. The maximum absolute atomic E-state index is 13.1. The van der Waals surface area contributed by atoms with E-state index in [4.69, 9.17) is 4.74 Å². The van der Waals surface area contributed by atoms with E-state index in [1.165, 1.54) is 0 Å². The highest BCUT2D eigenvalue weighted by atomic mass is 16.5. The van der Waals surface area contributed by atoms with Crippen molar-refractivity contribution in [1.82, 2.24) is 4.90 Å². The van der Waals surface area contributed by atoms with Gasteiger partial charge in [0, 0.05) is 5.69 Å². The number of nitrogens with one attached hydrogen (secondary N) is 1. The smallest absolute Gasteiger partial charge is 0.330 e. The highest BCUT2D eigenvalue weighted by Crippen LogP contribution is 2.53. The van der Waals surface area contributed by atoms with Crippen LogP contribution in [0.1, 0.15) is 31.4 Å². The molecular formula is C24H28N2O5. The van der Waals surface area contributed by atoms with Crippen LogP contribution in [0.5, 0.6) is 0 Å². The minimum atomic E-state index is -1.03. The van der Waals surface area contributed by atoms with Crippen LogP contribution in [0.15, 0.2) is 30.4 Å². The van der Waals surface area contributed by atoms with Gasteiger partial charge >= 0.3 is 5.97 Å². The Morgan fingerprint density at radius 3 is 2.29 bits per heavy atom. The van der Waals surface area contributed by atoms with Gasteiger partial charge in [-0.25, -0.2) is 4.79 Å². The van der Waals surface area contributed by atoms with Gasteiger partial charge in [0.1, 0.15) is 6.04 Å². The third-order valence-corrected chi connectivity index (χ3v) is 6.67. The predicted octanol–water partition coefficient (Wildman–Crippen LogP) is 2.62. The van der Waals surface area contributed by atoms with Gasteiger partial charge in [0.15, 0.2) is 6.61 Å². The van der Waals surface area contributed by atoms with Crippen molar-refractivity contribution >= 4 is 29.4 Å². The summed E-state index contributed by atoms with van der Waals surface area (Å²) in [6.45, 7) is 6.85. The molecule has 2 fully saturated rings. The molecule has 164 valence electrons. The van der Waals surface area contributed by atoms with Crippen LogP contribution in [0.4, 0.5) is 5.69 Å². The molecule has 1 aliphatic heterocycles. The number of carbonyl (C=O) groups is 4. The molecule has 1 aromatic carbocycles. The van der Waals surface area contributed by atoms with E-state index in [0.717, 1.165) is 22.4 Å². The second kappa shape index (κ2) is 7.94. The molecule has 1 saturated heterocycles. The van der Waals surface area contributed by atoms with Crippen molar-refractivity contribution < 1.29 is 23.9 Å². The van der Waals surface area contributed by atoms with E-state index in [0.29, 0.717) is 5.69 Å². The van der Waals surface area contributed by atoms with E-state index in [2.05, 4.69) is 5.32 Å². The van der Waals surface area contributed by atoms with Crippen molar-refractivity contribution in [3.63, 3.8) is 0 Å². The summed E-state index contributed by atoms with van der Waals surface area (Å²) in [6, 6.07) is 4.65. The number of amides is 3. The molecule has 7 nitrogen and oxygen atoms in total. The van der Waals surface area contributed by atoms with Crippen LogP contribution in [0.25, 0.3) is 0 Å². The lowest BCUT2D eigenvalue weighted by Gasteiger charge is -2.28. The molecule has 0 spiro atoms. The number of imide groups is 1. The lowest BCUT2D eigenvalue weighted by molar-refractivity contribution is -0.162. The number of nitrogens with zero attached hydrogens (tertiary/aromatic N) is 1. The van der Waals surface area contributed by atoms with Crippen molar-refractivity contribution in [1.29, 1.82) is 0 Å². The molecule has 1 saturated carbocycles. The summed E-state index contributed by atoms with van der Waals surface area (Å²) in [4.78, 5) is 52.5. The minimum absolute atomic E-state index is 0.0728. The Morgan fingerprint density at radius 1 is 1.10 bits per heavy atom. The number of carbonyl (C=O) groups excluding carboxylic acids is 4. The van der Waals surface area contributed by atoms with Crippen LogP contribution >= 0.6 is 0 Å². The number of ether oxygens (including phenoxy) is 1. The number of benzene rings is 1. The number of anilines is 1. The molecule has 2 aliphatic carbocycles. The largest absolute Gasteiger partial charge is 0.454 e. The average Bonchev–Trinajstić information content (AvgIpc) is 3.39. The first-order valence-electron chi connectivity index (χ1n) is 10.8.